The molecule has 100 valence electrons. The van der Waals surface area contributed by atoms with E-state index in [1.807, 2.05) is 30.3 Å². The minimum absolute atomic E-state index is 0.0752. The maximum Gasteiger partial charge on any atom is 0.242 e. The van der Waals surface area contributed by atoms with E-state index in [-0.39, 0.29) is 23.5 Å². The van der Waals surface area contributed by atoms with Crippen LogP contribution in [-0.4, -0.2) is 41.2 Å². The Morgan fingerprint density at radius 2 is 2.11 bits per heavy atom. The van der Waals surface area contributed by atoms with Crippen LogP contribution in [0.15, 0.2) is 35.3 Å². The summed E-state index contributed by atoms with van der Waals surface area (Å²) in [6.07, 6.45) is 0.155. The fourth-order valence-corrected chi connectivity index (χ4v) is 2.90. The van der Waals surface area contributed by atoms with E-state index >= 15 is 0 Å². The highest BCUT2D eigenvalue weighted by Crippen LogP contribution is 2.28. The molecule has 6 heteroatoms. The number of thioether (sulfide) groups is 1. The van der Waals surface area contributed by atoms with Gasteiger partial charge in [-0.1, -0.05) is 30.0 Å². The van der Waals surface area contributed by atoms with Gasteiger partial charge in [-0.2, -0.15) is 0 Å². The summed E-state index contributed by atoms with van der Waals surface area (Å²) < 4.78 is 0. The number of benzene rings is 1. The van der Waals surface area contributed by atoms with E-state index < -0.39 is 0 Å². The average Bonchev–Trinajstić information content (AvgIpc) is 2.67. The van der Waals surface area contributed by atoms with Crippen LogP contribution in [0.4, 0.5) is 5.69 Å². The zero-order valence-corrected chi connectivity index (χ0v) is 11.6. The van der Waals surface area contributed by atoms with Gasteiger partial charge in [-0.3, -0.25) is 19.5 Å². The smallest absolute Gasteiger partial charge is 0.242 e. The van der Waals surface area contributed by atoms with Crippen molar-refractivity contribution in [3.05, 3.63) is 30.3 Å². The van der Waals surface area contributed by atoms with E-state index in [2.05, 4.69) is 10.3 Å². The highest BCUT2D eigenvalue weighted by Gasteiger charge is 2.36. The van der Waals surface area contributed by atoms with Gasteiger partial charge in [-0.15, -0.1) is 0 Å². The Balaban J connectivity index is 1.95. The van der Waals surface area contributed by atoms with Gasteiger partial charge >= 0.3 is 0 Å². The molecule has 0 radical (unpaired) electrons. The Morgan fingerprint density at radius 3 is 2.68 bits per heavy atom. The number of aliphatic imine (C=N–C) groups is 1. The normalized spacial score (nSPS) is 20.9. The third-order valence-corrected chi connectivity index (χ3v) is 4.08. The monoisotopic (exact) mass is 277 g/mol. The minimum atomic E-state index is -0.382. The topological polar surface area (TPSA) is 61.8 Å². The van der Waals surface area contributed by atoms with Crippen LogP contribution in [0.5, 0.6) is 0 Å². The number of nitrogens with one attached hydrogen (secondary N) is 1. The first-order valence-corrected chi connectivity index (χ1v) is 6.75. The van der Waals surface area contributed by atoms with E-state index in [0.717, 1.165) is 5.69 Å². The maximum absolute atomic E-state index is 11.9. The lowest BCUT2D eigenvalue weighted by atomic mass is 10.2. The molecule has 1 heterocycles. The predicted octanol–water partition coefficient (Wildman–Crippen LogP) is 1.57. The Labute approximate surface area is 116 Å². The Kier molecular flexibility index (Phi) is 4.21. The fraction of sp³-hybridized carbons (Fsp3) is 0.308. The minimum Gasteiger partial charge on any atom is -0.326 e. The molecule has 1 unspecified atom stereocenters. The number of para-hydroxylation sites is 1. The first-order valence-electron chi connectivity index (χ1n) is 5.87. The summed E-state index contributed by atoms with van der Waals surface area (Å²) in [7, 11) is 3.31. The van der Waals surface area contributed by atoms with Gasteiger partial charge in [0.1, 0.15) is 5.25 Å². The van der Waals surface area contributed by atoms with E-state index in [1.165, 1.54) is 16.7 Å². The lowest BCUT2D eigenvalue weighted by Gasteiger charge is -2.09. The lowest BCUT2D eigenvalue weighted by Crippen LogP contribution is -2.30. The Hall–Kier alpha value is -1.82. The highest BCUT2D eigenvalue weighted by atomic mass is 32.2. The van der Waals surface area contributed by atoms with Crippen LogP contribution in [0.25, 0.3) is 0 Å². The maximum atomic E-state index is 11.9. The molecular formula is C13H15N3O2S. The molecule has 1 N–H and O–H groups in total. The summed E-state index contributed by atoms with van der Waals surface area (Å²) in [5.74, 6) is -0.239. The molecule has 2 rings (SSSR count). The van der Waals surface area contributed by atoms with Crippen LogP contribution in [0.2, 0.25) is 0 Å². The van der Waals surface area contributed by atoms with Gasteiger partial charge in [-0.05, 0) is 12.1 Å². The SMILES string of the molecule is CN=C1SC(CC(=O)Nc2ccccc2)C(=O)N1C. The molecule has 1 aromatic carbocycles. The van der Waals surface area contributed by atoms with E-state index in [0.29, 0.717) is 5.17 Å². The summed E-state index contributed by atoms with van der Waals surface area (Å²) >= 11 is 1.33. The molecule has 19 heavy (non-hydrogen) atoms. The molecular weight excluding hydrogens is 262 g/mol. The van der Waals surface area contributed by atoms with Gasteiger partial charge in [0, 0.05) is 26.2 Å². The van der Waals surface area contributed by atoms with Crippen molar-refractivity contribution in [3.8, 4) is 0 Å². The molecule has 0 bridgehead atoms. The van der Waals surface area contributed by atoms with Crippen LogP contribution in [-0.2, 0) is 9.59 Å². The van der Waals surface area contributed by atoms with Crippen LogP contribution in [0, 0.1) is 0 Å². The van der Waals surface area contributed by atoms with Crippen LogP contribution in [0.1, 0.15) is 6.42 Å². The summed E-state index contributed by atoms with van der Waals surface area (Å²) in [5, 5.41) is 3.05. The summed E-state index contributed by atoms with van der Waals surface area (Å²) in [6, 6.07) is 9.20. The summed E-state index contributed by atoms with van der Waals surface area (Å²) in [5.41, 5.74) is 0.737. The average molecular weight is 277 g/mol. The molecule has 0 spiro atoms. The standard InChI is InChI=1S/C13H15N3O2S/c1-14-13-16(2)12(18)10(19-13)8-11(17)15-9-6-4-3-5-7-9/h3-7,10H,8H2,1-2H3,(H,15,17). The second-order valence-corrected chi connectivity index (χ2v) is 5.30. The van der Waals surface area contributed by atoms with Crippen molar-refractivity contribution in [2.45, 2.75) is 11.7 Å². The van der Waals surface area contributed by atoms with Crippen molar-refractivity contribution < 1.29 is 9.59 Å². The zero-order chi connectivity index (χ0) is 13.8. The van der Waals surface area contributed by atoms with Gasteiger partial charge < -0.3 is 5.32 Å². The number of hydrogen-bond donors (Lipinski definition) is 1. The Morgan fingerprint density at radius 1 is 1.42 bits per heavy atom. The molecule has 2 amide bonds. The largest absolute Gasteiger partial charge is 0.326 e. The van der Waals surface area contributed by atoms with Crippen molar-refractivity contribution in [3.63, 3.8) is 0 Å². The van der Waals surface area contributed by atoms with E-state index in [1.54, 1.807) is 14.1 Å². The van der Waals surface area contributed by atoms with Crippen molar-refractivity contribution in [1.29, 1.82) is 0 Å². The van der Waals surface area contributed by atoms with Crippen molar-refractivity contribution in [2.24, 2.45) is 4.99 Å². The van der Waals surface area contributed by atoms with E-state index in [4.69, 9.17) is 0 Å². The quantitative estimate of drug-likeness (QED) is 0.912. The predicted molar refractivity (Wildman–Crippen MR) is 77.2 cm³/mol. The zero-order valence-electron chi connectivity index (χ0n) is 10.8. The van der Waals surface area contributed by atoms with Crippen LogP contribution in [0.3, 0.4) is 0 Å². The second kappa shape index (κ2) is 5.88. The van der Waals surface area contributed by atoms with Gasteiger partial charge in [0.2, 0.25) is 11.8 Å². The highest BCUT2D eigenvalue weighted by molar-refractivity contribution is 8.15. The number of nitrogens with zero attached hydrogens (tertiary/aromatic N) is 2. The number of hydrogen-bond acceptors (Lipinski definition) is 4. The van der Waals surface area contributed by atoms with Crippen molar-refractivity contribution >= 4 is 34.4 Å². The van der Waals surface area contributed by atoms with Gasteiger partial charge in [0.15, 0.2) is 5.17 Å². The molecule has 1 aliphatic heterocycles. The molecule has 1 aliphatic rings. The Bertz CT molecular complexity index is 516. The molecule has 1 saturated heterocycles. The molecule has 5 nitrogen and oxygen atoms in total. The third-order valence-electron chi connectivity index (χ3n) is 2.76. The lowest BCUT2D eigenvalue weighted by molar-refractivity contribution is -0.127. The molecule has 1 fully saturated rings. The third kappa shape index (κ3) is 3.14. The molecule has 1 aromatic rings. The molecule has 0 aromatic heterocycles. The second-order valence-electron chi connectivity index (χ2n) is 4.13. The van der Waals surface area contributed by atoms with Gasteiger partial charge in [0.05, 0.1) is 0 Å². The summed E-state index contributed by atoms with van der Waals surface area (Å²) in [6.45, 7) is 0. The van der Waals surface area contributed by atoms with Crippen LogP contribution >= 0.6 is 11.8 Å². The fourth-order valence-electron chi connectivity index (χ4n) is 1.80. The number of anilines is 1. The number of rotatable bonds is 3. The van der Waals surface area contributed by atoms with Gasteiger partial charge in [-0.25, -0.2) is 0 Å². The van der Waals surface area contributed by atoms with Crippen molar-refractivity contribution in [2.75, 3.05) is 19.4 Å². The van der Waals surface area contributed by atoms with Gasteiger partial charge in [0.25, 0.3) is 0 Å². The first-order chi connectivity index (χ1) is 9.11. The first kappa shape index (κ1) is 13.6. The number of amides is 2. The van der Waals surface area contributed by atoms with Crippen molar-refractivity contribution in [1.82, 2.24) is 4.90 Å². The molecule has 0 saturated carbocycles. The van der Waals surface area contributed by atoms with Crippen LogP contribution < -0.4 is 5.32 Å². The number of carbonyl (C=O) groups is 2. The van der Waals surface area contributed by atoms with E-state index in [9.17, 15) is 9.59 Å². The summed E-state index contributed by atoms with van der Waals surface area (Å²) in [4.78, 5) is 29.3. The number of amidine groups is 1. The number of carbonyl (C=O) groups excluding carboxylic acids is 2. The molecule has 0 aliphatic carbocycles. The molecule has 1 atom stereocenters.